The molecule has 3 aromatic rings. The van der Waals surface area contributed by atoms with Crippen LogP contribution < -0.4 is 20.0 Å². The standard InChI is InChI=1S/C26H28N2O7/c29-22(16-34-23-10-7-21(8-11-23)28(32)33)14-27-15-24-9-5-20-13-19(6-12-25(20)35-24)17-1-3-18(4-2-17)26(30)31/h1-4,6-8,10-13,22,24,27-29,32H,5,9,14-16H2,(H,30,31). The number of quaternary nitrogens is 1. The van der Waals surface area contributed by atoms with E-state index < -0.39 is 17.3 Å². The molecule has 0 radical (unpaired) electrons. The maximum absolute atomic E-state index is 11.0. The Labute approximate surface area is 202 Å². The van der Waals surface area contributed by atoms with Crippen LogP contribution in [0, 0.1) is 5.21 Å². The molecule has 0 aromatic heterocycles. The lowest BCUT2D eigenvalue weighted by Gasteiger charge is -2.27. The number of carboxylic acid groups (broad SMARTS) is 1. The Balaban J connectivity index is 1.22. The van der Waals surface area contributed by atoms with Crippen molar-refractivity contribution in [1.82, 2.24) is 5.32 Å². The third-order valence-corrected chi connectivity index (χ3v) is 5.85. The van der Waals surface area contributed by atoms with E-state index in [9.17, 15) is 15.1 Å². The SMILES string of the molecule is O=C(O)c1ccc(-c2ccc3c(c2)CCC(CNCC(O)COc2ccc([NH+]([O-])O)cc2)O3)cc1. The highest BCUT2D eigenvalue weighted by atomic mass is 16.8. The van der Waals surface area contributed by atoms with Crippen molar-refractivity contribution < 1.29 is 34.9 Å². The van der Waals surface area contributed by atoms with Gasteiger partial charge in [0.25, 0.3) is 0 Å². The Morgan fingerprint density at radius 3 is 2.51 bits per heavy atom. The van der Waals surface area contributed by atoms with Gasteiger partial charge in [-0.15, -0.1) is 0 Å². The van der Waals surface area contributed by atoms with Crippen molar-refractivity contribution in [3.05, 3.63) is 83.1 Å². The van der Waals surface area contributed by atoms with E-state index in [-0.39, 0.29) is 24.0 Å². The summed E-state index contributed by atoms with van der Waals surface area (Å²) in [5, 5.41) is 41.3. The number of ether oxygens (including phenoxy) is 2. The Bertz CT molecular complexity index is 1130. The zero-order valence-electron chi connectivity index (χ0n) is 19.0. The Kier molecular flexibility index (Phi) is 7.96. The van der Waals surface area contributed by atoms with Gasteiger partial charge in [-0.1, -0.05) is 18.2 Å². The van der Waals surface area contributed by atoms with Crippen molar-refractivity contribution >= 4 is 11.7 Å². The predicted octanol–water partition coefficient (Wildman–Crippen LogP) is 2.18. The van der Waals surface area contributed by atoms with Crippen molar-refractivity contribution in [3.63, 3.8) is 0 Å². The number of carboxylic acids is 1. The summed E-state index contributed by atoms with van der Waals surface area (Å²) < 4.78 is 11.6. The highest BCUT2D eigenvalue weighted by Crippen LogP contribution is 2.32. The minimum atomic E-state index is -0.999. The maximum Gasteiger partial charge on any atom is 0.335 e. The first-order valence-electron chi connectivity index (χ1n) is 11.4. The van der Waals surface area contributed by atoms with Crippen LogP contribution >= 0.6 is 0 Å². The molecule has 184 valence electrons. The van der Waals surface area contributed by atoms with E-state index in [1.54, 1.807) is 24.3 Å². The second-order valence-electron chi connectivity index (χ2n) is 8.44. The van der Waals surface area contributed by atoms with E-state index in [1.807, 2.05) is 24.3 Å². The summed E-state index contributed by atoms with van der Waals surface area (Å²) in [5.41, 5.74) is 3.52. The first-order valence-corrected chi connectivity index (χ1v) is 11.4. The Hall–Kier alpha value is -3.47. The molecule has 1 aliphatic heterocycles. The summed E-state index contributed by atoms with van der Waals surface area (Å²) in [5.74, 6) is 0.392. The van der Waals surface area contributed by atoms with Crippen molar-refractivity contribution in [1.29, 1.82) is 0 Å². The number of aliphatic hydroxyl groups excluding tert-OH is 1. The van der Waals surface area contributed by atoms with Gasteiger partial charge in [-0.3, -0.25) is 0 Å². The highest BCUT2D eigenvalue weighted by Gasteiger charge is 2.20. The van der Waals surface area contributed by atoms with Gasteiger partial charge in [0, 0.05) is 25.2 Å². The van der Waals surface area contributed by atoms with Crippen LogP contribution in [0.15, 0.2) is 66.7 Å². The van der Waals surface area contributed by atoms with Crippen LogP contribution in [-0.4, -0.2) is 53.3 Å². The van der Waals surface area contributed by atoms with Crippen LogP contribution in [0.2, 0.25) is 0 Å². The molecule has 0 fully saturated rings. The van der Waals surface area contributed by atoms with Crippen molar-refractivity contribution in [3.8, 4) is 22.6 Å². The third-order valence-electron chi connectivity index (χ3n) is 5.85. The highest BCUT2D eigenvalue weighted by molar-refractivity contribution is 5.88. The molecule has 5 N–H and O–H groups in total. The van der Waals surface area contributed by atoms with Crippen molar-refractivity contribution in [2.24, 2.45) is 0 Å². The number of hydrogen-bond donors (Lipinski definition) is 5. The molecule has 0 spiro atoms. The first kappa shape index (κ1) is 24.6. The quantitative estimate of drug-likeness (QED) is 0.279. The summed E-state index contributed by atoms with van der Waals surface area (Å²) in [6.07, 6.45) is 0.963. The molecule has 9 heteroatoms. The molecule has 3 unspecified atom stereocenters. The van der Waals surface area contributed by atoms with Crippen LogP contribution in [0.1, 0.15) is 22.3 Å². The number of rotatable bonds is 10. The zero-order chi connectivity index (χ0) is 24.8. The molecule has 0 bridgehead atoms. The van der Waals surface area contributed by atoms with Gasteiger partial charge in [-0.25, -0.2) is 10.0 Å². The van der Waals surface area contributed by atoms with Gasteiger partial charge in [-0.2, -0.15) is 5.23 Å². The summed E-state index contributed by atoms with van der Waals surface area (Å²) in [7, 11) is 0. The smallest absolute Gasteiger partial charge is 0.335 e. The van der Waals surface area contributed by atoms with Crippen LogP contribution in [0.4, 0.5) is 5.69 Å². The van der Waals surface area contributed by atoms with E-state index in [0.717, 1.165) is 35.3 Å². The van der Waals surface area contributed by atoms with Crippen LogP contribution in [0.3, 0.4) is 0 Å². The first-order chi connectivity index (χ1) is 16.9. The van der Waals surface area contributed by atoms with Gasteiger partial charge in [-0.05, 0) is 65.9 Å². The number of hydrogen-bond acceptors (Lipinski definition) is 7. The molecular weight excluding hydrogens is 452 g/mol. The number of aromatic carboxylic acids is 1. The average molecular weight is 481 g/mol. The number of aryl methyl sites for hydroxylation is 1. The summed E-state index contributed by atoms with van der Waals surface area (Å²) in [4.78, 5) is 11.0. The molecule has 0 saturated carbocycles. The van der Waals surface area contributed by atoms with Crippen molar-refractivity contribution in [2.75, 3.05) is 19.7 Å². The van der Waals surface area contributed by atoms with Gasteiger partial charge in [0.05, 0.1) is 5.56 Å². The number of benzene rings is 3. The molecule has 1 heterocycles. The molecular formula is C26H28N2O7. The molecule has 4 rings (SSSR count). The number of fused-ring (bicyclic) bond motifs is 1. The number of carbonyl (C=O) groups is 1. The largest absolute Gasteiger partial charge is 0.595 e. The lowest BCUT2D eigenvalue weighted by atomic mass is 9.96. The number of aliphatic hydroxyl groups is 1. The van der Waals surface area contributed by atoms with Crippen LogP contribution in [-0.2, 0) is 6.42 Å². The summed E-state index contributed by atoms with van der Waals surface area (Å²) >= 11 is 0. The lowest BCUT2D eigenvalue weighted by molar-refractivity contribution is -0.991. The molecule has 3 atom stereocenters. The van der Waals surface area contributed by atoms with Crippen LogP contribution in [0.25, 0.3) is 11.1 Å². The van der Waals surface area contributed by atoms with Crippen LogP contribution in [0.5, 0.6) is 11.5 Å². The lowest BCUT2D eigenvalue weighted by Crippen LogP contribution is -2.99. The zero-order valence-corrected chi connectivity index (χ0v) is 19.0. The van der Waals surface area contributed by atoms with E-state index in [0.29, 0.717) is 18.8 Å². The molecule has 0 aliphatic carbocycles. The normalized spacial score (nSPS) is 16.6. The Morgan fingerprint density at radius 2 is 1.83 bits per heavy atom. The second-order valence-corrected chi connectivity index (χ2v) is 8.44. The Morgan fingerprint density at radius 1 is 1.11 bits per heavy atom. The average Bonchev–Trinajstić information content (AvgIpc) is 2.87. The fraction of sp³-hybridized carbons (Fsp3) is 0.269. The predicted molar refractivity (Wildman–Crippen MR) is 128 cm³/mol. The minimum absolute atomic E-state index is 0.0140. The van der Waals surface area contributed by atoms with Gasteiger partial charge in [0.2, 0.25) is 0 Å². The van der Waals surface area contributed by atoms with E-state index in [4.69, 9.17) is 19.8 Å². The van der Waals surface area contributed by atoms with Gasteiger partial charge in [0.1, 0.15) is 30.3 Å². The molecule has 35 heavy (non-hydrogen) atoms. The molecule has 9 nitrogen and oxygen atoms in total. The second kappa shape index (κ2) is 11.3. The molecule has 0 amide bonds. The van der Waals surface area contributed by atoms with Crippen molar-refractivity contribution in [2.45, 2.75) is 25.0 Å². The topological polar surface area (TPSA) is 136 Å². The van der Waals surface area contributed by atoms with Gasteiger partial charge < -0.3 is 30.2 Å². The van der Waals surface area contributed by atoms with Gasteiger partial charge in [0.15, 0.2) is 5.69 Å². The van der Waals surface area contributed by atoms with E-state index in [1.165, 1.54) is 12.1 Å². The fourth-order valence-electron chi connectivity index (χ4n) is 3.93. The van der Waals surface area contributed by atoms with Gasteiger partial charge >= 0.3 is 5.97 Å². The van der Waals surface area contributed by atoms with E-state index in [2.05, 4.69) is 11.4 Å². The summed E-state index contributed by atoms with van der Waals surface area (Å²) in [6, 6.07) is 18.8. The minimum Gasteiger partial charge on any atom is -0.595 e. The third kappa shape index (κ3) is 6.56. The van der Waals surface area contributed by atoms with E-state index >= 15 is 0 Å². The summed E-state index contributed by atoms with van der Waals surface area (Å²) in [6.45, 7) is 1.01. The fourth-order valence-corrected chi connectivity index (χ4v) is 3.93. The number of nitrogens with one attached hydrogen (secondary N) is 2. The molecule has 1 aliphatic rings. The monoisotopic (exact) mass is 480 g/mol. The molecule has 0 saturated heterocycles. The maximum atomic E-state index is 11.0. The molecule has 3 aromatic carbocycles.